The molecular weight excluding hydrogens is 364 g/mol. The van der Waals surface area contributed by atoms with Crippen molar-refractivity contribution in [3.05, 3.63) is 59.7 Å². The van der Waals surface area contributed by atoms with E-state index < -0.39 is 0 Å². The number of hydrogen-bond acceptors (Lipinski definition) is 5. The molecule has 2 saturated heterocycles. The fourth-order valence-electron chi connectivity index (χ4n) is 4.36. The van der Waals surface area contributed by atoms with E-state index in [9.17, 15) is 4.79 Å². The maximum absolute atomic E-state index is 13.1. The van der Waals surface area contributed by atoms with E-state index in [0.29, 0.717) is 0 Å². The van der Waals surface area contributed by atoms with Gasteiger partial charge in [-0.15, -0.1) is 0 Å². The Kier molecular flexibility index (Phi) is 5.74. The average molecular weight is 395 g/mol. The summed E-state index contributed by atoms with van der Waals surface area (Å²) in [6, 6.07) is 16.8. The monoisotopic (exact) mass is 394 g/mol. The van der Waals surface area contributed by atoms with E-state index in [0.717, 1.165) is 37.4 Å². The Balaban J connectivity index is 1.37. The lowest BCUT2D eigenvalue weighted by Gasteiger charge is -2.42. The fourth-order valence-corrected chi connectivity index (χ4v) is 4.36. The summed E-state index contributed by atoms with van der Waals surface area (Å²) in [5.74, 6) is 1.01. The summed E-state index contributed by atoms with van der Waals surface area (Å²) < 4.78 is 5.32. The quantitative estimate of drug-likeness (QED) is 0.835. The molecule has 0 saturated carbocycles. The Morgan fingerprint density at radius 1 is 1.10 bits per heavy atom. The van der Waals surface area contributed by atoms with Gasteiger partial charge in [-0.25, -0.2) is 10.9 Å². The van der Waals surface area contributed by atoms with Crippen LogP contribution in [0.5, 0.6) is 5.75 Å². The largest absolute Gasteiger partial charge is 0.497 e. The van der Waals surface area contributed by atoms with Crippen molar-refractivity contribution in [3.8, 4) is 5.75 Å². The van der Waals surface area contributed by atoms with Crippen LogP contribution in [0.1, 0.15) is 30.5 Å². The number of aryl methyl sites for hydroxylation is 1. The number of carbonyl (C=O) groups excluding carboxylic acids is 1. The molecule has 29 heavy (non-hydrogen) atoms. The summed E-state index contributed by atoms with van der Waals surface area (Å²) in [6.45, 7) is 6.66. The molecule has 2 aromatic carbocycles. The molecule has 1 amide bonds. The highest BCUT2D eigenvalue weighted by Gasteiger charge is 2.35. The van der Waals surface area contributed by atoms with E-state index in [1.165, 1.54) is 11.3 Å². The van der Waals surface area contributed by atoms with Gasteiger partial charge in [-0.2, -0.15) is 0 Å². The predicted molar refractivity (Wildman–Crippen MR) is 115 cm³/mol. The fraction of sp³-hybridized carbons (Fsp3) is 0.435. The van der Waals surface area contributed by atoms with Gasteiger partial charge < -0.3 is 14.5 Å². The number of benzene rings is 2. The first-order valence-electron chi connectivity index (χ1n) is 10.3. The third kappa shape index (κ3) is 4.23. The minimum Gasteiger partial charge on any atom is -0.497 e. The Morgan fingerprint density at radius 2 is 1.93 bits per heavy atom. The van der Waals surface area contributed by atoms with E-state index in [-0.39, 0.29) is 24.0 Å². The lowest BCUT2D eigenvalue weighted by Crippen LogP contribution is -2.57. The molecule has 2 aromatic rings. The highest BCUT2D eigenvalue weighted by molar-refractivity contribution is 5.82. The van der Waals surface area contributed by atoms with E-state index in [1.54, 1.807) is 7.11 Å². The van der Waals surface area contributed by atoms with Gasteiger partial charge in [0.2, 0.25) is 5.91 Å². The molecule has 4 rings (SSSR count). The number of anilines is 1. The molecule has 0 radical (unpaired) electrons. The van der Waals surface area contributed by atoms with Gasteiger partial charge in [-0.05, 0) is 55.7 Å². The van der Waals surface area contributed by atoms with Crippen LogP contribution in [0.25, 0.3) is 0 Å². The lowest BCUT2D eigenvalue weighted by atomic mass is 10.0. The normalized spacial score (nSPS) is 24.6. The summed E-state index contributed by atoms with van der Waals surface area (Å²) in [6.07, 6.45) is 0.735. The number of nitrogens with one attached hydrogen (secondary N) is 2. The minimum atomic E-state index is -0.205. The number of hydrogen-bond donors (Lipinski definition) is 2. The van der Waals surface area contributed by atoms with Gasteiger partial charge >= 0.3 is 0 Å². The van der Waals surface area contributed by atoms with Crippen molar-refractivity contribution in [2.24, 2.45) is 0 Å². The van der Waals surface area contributed by atoms with Crippen LogP contribution in [-0.2, 0) is 4.79 Å². The number of amides is 1. The van der Waals surface area contributed by atoms with Crippen LogP contribution in [0.2, 0.25) is 0 Å². The first-order valence-corrected chi connectivity index (χ1v) is 10.3. The lowest BCUT2D eigenvalue weighted by molar-refractivity contribution is -0.134. The second-order valence-corrected chi connectivity index (χ2v) is 8.07. The standard InChI is InChI=1S/C23H30N4O2/c1-16-6-4-8-19(12-16)27-11-10-26(15-17(27)2)23(28)22-14-21(24-25-22)18-7-5-9-20(13-18)29-3/h4-9,12-13,17,21-22,24-25H,10-11,14-15H2,1-3H3. The number of carbonyl (C=O) groups is 1. The van der Waals surface area contributed by atoms with E-state index >= 15 is 0 Å². The molecule has 2 aliphatic heterocycles. The van der Waals surface area contributed by atoms with E-state index in [2.05, 4.69) is 59.9 Å². The zero-order valence-electron chi connectivity index (χ0n) is 17.4. The second-order valence-electron chi connectivity index (χ2n) is 8.07. The molecule has 2 fully saturated rings. The summed E-state index contributed by atoms with van der Waals surface area (Å²) in [7, 11) is 1.67. The number of rotatable bonds is 4. The number of hydrazine groups is 1. The number of piperazine rings is 1. The van der Waals surface area contributed by atoms with Crippen molar-refractivity contribution in [2.75, 3.05) is 31.6 Å². The third-order valence-electron chi connectivity index (χ3n) is 5.97. The van der Waals surface area contributed by atoms with Crippen molar-refractivity contribution in [1.82, 2.24) is 15.8 Å². The zero-order valence-corrected chi connectivity index (χ0v) is 17.4. The summed E-state index contributed by atoms with van der Waals surface area (Å²) in [5, 5.41) is 0. The van der Waals surface area contributed by atoms with Gasteiger partial charge in [0.15, 0.2) is 0 Å². The van der Waals surface area contributed by atoms with Crippen LogP contribution in [-0.4, -0.2) is 49.6 Å². The van der Waals surface area contributed by atoms with E-state index in [4.69, 9.17) is 4.74 Å². The van der Waals surface area contributed by atoms with Gasteiger partial charge in [0.05, 0.1) is 7.11 Å². The Labute approximate surface area is 172 Å². The molecule has 154 valence electrons. The van der Waals surface area contributed by atoms with Crippen molar-refractivity contribution in [3.63, 3.8) is 0 Å². The van der Waals surface area contributed by atoms with Crippen LogP contribution in [0.4, 0.5) is 5.69 Å². The predicted octanol–water partition coefficient (Wildman–Crippen LogP) is 2.65. The number of methoxy groups -OCH3 is 1. The molecule has 2 N–H and O–H groups in total. The molecule has 6 heteroatoms. The topological polar surface area (TPSA) is 56.8 Å². The Bertz CT molecular complexity index is 871. The van der Waals surface area contributed by atoms with Gasteiger partial charge in [0.25, 0.3) is 0 Å². The molecule has 3 unspecified atom stereocenters. The van der Waals surface area contributed by atoms with Gasteiger partial charge in [-0.3, -0.25) is 4.79 Å². The van der Waals surface area contributed by atoms with E-state index in [1.807, 2.05) is 23.1 Å². The molecule has 2 heterocycles. The van der Waals surface area contributed by atoms with Gasteiger partial charge in [0.1, 0.15) is 11.8 Å². The molecule has 6 nitrogen and oxygen atoms in total. The summed E-state index contributed by atoms with van der Waals surface area (Å²) >= 11 is 0. The molecule has 0 aliphatic carbocycles. The smallest absolute Gasteiger partial charge is 0.241 e. The Morgan fingerprint density at radius 3 is 2.69 bits per heavy atom. The summed E-state index contributed by atoms with van der Waals surface area (Å²) in [5.41, 5.74) is 10.1. The first-order chi connectivity index (χ1) is 14.0. The third-order valence-corrected chi connectivity index (χ3v) is 5.97. The molecule has 0 bridgehead atoms. The van der Waals surface area contributed by atoms with Crippen LogP contribution in [0, 0.1) is 6.92 Å². The summed E-state index contributed by atoms with van der Waals surface area (Å²) in [4.78, 5) is 17.5. The molecule has 2 aliphatic rings. The zero-order chi connectivity index (χ0) is 20.4. The van der Waals surface area contributed by atoms with Crippen LogP contribution in [0.15, 0.2) is 48.5 Å². The Hall–Kier alpha value is -2.57. The van der Waals surface area contributed by atoms with Crippen molar-refractivity contribution >= 4 is 11.6 Å². The minimum absolute atomic E-state index is 0.102. The second kappa shape index (κ2) is 8.43. The van der Waals surface area contributed by atoms with Crippen LogP contribution < -0.4 is 20.5 Å². The molecule has 3 atom stereocenters. The molecular formula is C23H30N4O2. The van der Waals surface area contributed by atoms with Crippen molar-refractivity contribution < 1.29 is 9.53 Å². The molecule has 0 spiro atoms. The number of nitrogens with zero attached hydrogens (tertiary/aromatic N) is 2. The van der Waals surface area contributed by atoms with Crippen LogP contribution >= 0.6 is 0 Å². The van der Waals surface area contributed by atoms with Gasteiger partial charge in [0, 0.05) is 37.4 Å². The highest BCUT2D eigenvalue weighted by atomic mass is 16.5. The van der Waals surface area contributed by atoms with Crippen LogP contribution in [0.3, 0.4) is 0 Å². The first kappa shape index (κ1) is 19.7. The number of ether oxygens (including phenoxy) is 1. The maximum Gasteiger partial charge on any atom is 0.241 e. The highest BCUT2D eigenvalue weighted by Crippen LogP contribution is 2.27. The van der Waals surface area contributed by atoms with Gasteiger partial charge in [-0.1, -0.05) is 24.3 Å². The SMILES string of the molecule is COc1cccc(C2CC(C(=O)N3CCN(c4cccc(C)c4)C(C)C3)NN2)c1. The molecule has 0 aromatic heterocycles. The van der Waals surface area contributed by atoms with Crippen molar-refractivity contribution in [2.45, 2.75) is 38.4 Å². The van der Waals surface area contributed by atoms with Crippen molar-refractivity contribution in [1.29, 1.82) is 0 Å². The maximum atomic E-state index is 13.1. The average Bonchev–Trinajstić information content (AvgIpc) is 3.23.